The fraction of sp³-hybridized carbons (Fsp3) is 0.818. The molecule has 2 N–H and O–H groups in total. The SMILES string of the molecule is S=C(NCCN1CCOCC1)N/N=C1\CCSC1. The molecule has 5 nitrogen and oxygen atoms in total. The molecule has 0 bridgehead atoms. The summed E-state index contributed by atoms with van der Waals surface area (Å²) in [7, 11) is 0. The average Bonchev–Trinajstić information content (AvgIpc) is 2.91. The van der Waals surface area contributed by atoms with Gasteiger partial charge in [0, 0.05) is 37.6 Å². The van der Waals surface area contributed by atoms with Crippen LogP contribution in [0.5, 0.6) is 0 Å². The molecule has 0 aromatic rings. The first-order chi connectivity index (χ1) is 8.84. The molecule has 2 saturated heterocycles. The van der Waals surface area contributed by atoms with E-state index >= 15 is 0 Å². The van der Waals surface area contributed by atoms with Crippen LogP contribution >= 0.6 is 24.0 Å². The third-order valence-corrected chi connectivity index (χ3v) is 4.20. The maximum Gasteiger partial charge on any atom is 0.186 e. The highest BCUT2D eigenvalue weighted by atomic mass is 32.2. The van der Waals surface area contributed by atoms with Crippen molar-refractivity contribution >= 4 is 34.8 Å². The molecule has 7 heteroatoms. The second-order valence-electron chi connectivity index (χ2n) is 4.30. The van der Waals surface area contributed by atoms with Gasteiger partial charge in [-0.3, -0.25) is 10.3 Å². The van der Waals surface area contributed by atoms with Crippen molar-refractivity contribution in [1.29, 1.82) is 0 Å². The number of rotatable bonds is 4. The van der Waals surface area contributed by atoms with E-state index in [0.717, 1.165) is 51.6 Å². The van der Waals surface area contributed by atoms with Crippen molar-refractivity contribution in [2.24, 2.45) is 5.10 Å². The predicted molar refractivity (Wildman–Crippen MR) is 80.4 cm³/mol. The summed E-state index contributed by atoms with van der Waals surface area (Å²) in [5, 5.41) is 8.09. The van der Waals surface area contributed by atoms with E-state index in [0.29, 0.717) is 5.11 Å². The molecule has 0 aromatic carbocycles. The minimum Gasteiger partial charge on any atom is -0.379 e. The van der Waals surface area contributed by atoms with Crippen LogP contribution in [-0.2, 0) is 4.74 Å². The maximum atomic E-state index is 5.30. The molecule has 2 aliphatic rings. The highest BCUT2D eigenvalue weighted by molar-refractivity contribution is 8.00. The summed E-state index contributed by atoms with van der Waals surface area (Å²) in [6.07, 6.45) is 1.08. The number of thioether (sulfide) groups is 1. The van der Waals surface area contributed by atoms with Crippen molar-refractivity contribution in [3.05, 3.63) is 0 Å². The lowest BCUT2D eigenvalue weighted by Gasteiger charge is -2.26. The van der Waals surface area contributed by atoms with Crippen LogP contribution in [0.25, 0.3) is 0 Å². The van der Waals surface area contributed by atoms with Crippen LogP contribution in [0.4, 0.5) is 0 Å². The lowest BCUT2D eigenvalue weighted by molar-refractivity contribution is 0.0389. The Morgan fingerprint density at radius 2 is 2.28 bits per heavy atom. The minimum atomic E-state index is 0.618. The van der Waals surface area contributed by atoms with Gasteiger partial charge in [-0.1, -0.05) is 0 Å². The van der Waals surface area contributed by atoms with E-state index in [-0.39, 0.29) is 0 Å². The van der Waals surface area contributed by atoms with E-state index < -0.39 is 0 Å². The van der Waals surface area contributed by atoms with Crippen molar-refractivity contribution in [1.82, 2.24) is 15.6 Å². The standard InChI is InChI=1S/C11H20N4OS2/c17-11(14-13-10-1-8-18-9-10)12-2-3-15-4-6-16-7-5-15/h1-9H2,(H2,12,14,17)/b13-10+. The topological polar surface area (TPSA) is 48.9 Å². The third-order valence-electron chi connectivity index (χ3n) is 2.94. The number of nitrogens with zero attached hydrogens (tertiary/aromatic N) is 2. The zero-order valence-corrected chi connectivity index (χ0v) is 12.1. The van der Waals surface area contributed by atoms with E-state index in [2.05, 4.69) is 20.7 Å². The monoisotopic (exact) mass is 288 g/mol. The van der Waals surface area contributed by atoms with Crippen LogP contribution in [0.1, 0.15) is 6.42 Å². The normalized spacial score (nSPS) is 23.2. The summed E-state index contributed by atoms with van der Waals surface area (Å²) < 4.78 is 5.30. The Balaban J connectivity index is 1.55. The third kappa shape index (κ3) is 5.09. The number of hydrogen-bond donors (Lipinski definition) is 2. The molecule has 2 rings (SSSR count). The molecule has 0 spiro atoms. The van der Waals surface area contributed by atoms with Gasteiger partial charge in [-0.05, 0) is 24.4 Å². The average molecular weight is 288 g/mol. The first-order valence-corrected chi connectivity index (χ1v) is 7.88. The van der Waals surface area contributed by atoms with Crippen molar-refractivity contribution in [2.45, 2.75) is 6.42 Å². The van der Waals surface area contributed by atoms with Crippen LogP contribution in [0.3, 0.4) is 0 Å². The summed E-state index contributed by atoms with van der Waals surface area (Å²) in [4.78, 5) is 2.37. The summed E-state index contributed by atoms with van der Waals surface area (Å²) in [5.74, 6) is 2.21. The minimum absolute atomic E-state index is 0.618. The quantitative estimate of drug-likeness (QED) is 0.572. The van der Waals surface area contributed by atoms with E-state index in [4.69, 9.17) is 17.0 Å². The Kier molecular flexibility index (Phi) is 6.19. The van der Waals surface area contributed by atoms with E-state index in [1.165, 1.54) is 11.5 Å². The lowest BCUT2D eigenvalue weighted by Crippen LogP contribution is -2.42. The fourth-order valence-electron chi connectivity index (χ4n) is 1.86. The van der Waals surface area contributed by atoms with Gasteiger partial charge in [-0.2, -0.15) is 16.9 Å². The molecule has 102 valence electrons. The highest BCUT2D eigenvalue weighted by Gasteiger charge is 2.10. The van der Waals surface area contributed by atoms with Gasteiger partial charge < -0.3 is 10.1 Å². The van der Waals surface area contributed by atoms with E-state index in [1.807, 2.05) is 11.8 Å². The van der Waals surface area contributed by atoms with Gasteiger partial charge in [0.15, 0.2) is 5.11 Å². The number of ether oxygens (including phenoxy) is 1. The number of hydrazone groups is 1. The van der Waals surface area contributed by atoms with Crippen molar-refractivity contribution in [3.63, 3.8) is 0 Å². The van der Waals surface area contributed by atoms with Gasteiger partial charge >= 0.3 is 0 Å². The molecule has 0 amide bonds. The predicted octanol–water partition coefficient (Wildman–Crippen LogP) is 0.276. The summed E-state index contributed by atoms with van der Waals surface area (Å²) in [6.45, 7) is 5.56. The van der Waals surface area contributed by atoms with Crippen LogP contribution in [-0.4, -0.2) is 66.6 Å². The zero-order valence-electron chi connectivity index (χ0n) is 10.5. The molecule has 0 radical (unpaired) electrons. The molecule has 0 saturated carbocycles. The van der Waals surface area contributed by atoms with E-state index in [9.17, 15) is 0 Å². The van der Waals surface area contributed by atoms with Crippen molar-refractivity contribution in [3.8, 4) is 0 Å². The summed E-state index contributed by atoms with van der Waals surface area (Å²) in [5.41, 5.74) is 4.12. The molecule has 2 heterocycles. The molecule has 2 aliphatic heterocycles. The van der Waals surface area contributed by atoms with Gasteiger partial charge in [-0.15, -0.1) is 0 Å². The largest absolute Gasteiger partial charge is 0.379 e. The molecular formula is C11H20N4OS2. The van der Waals surface area contributed by atoms with Crippen LogP contribution in [0, 0.1) is 0 Å². The number of nitrogens with one attached hydrogen (secondary N) is 2. The summed E-state index contributed by atoms with van der Waals surface area (Å²) in [6, 6.07) is 0. The number of morpholine rings is 1. The Morgan fingerprint density at radius 1 is 1.44 bits per heavy atom. The second kappa shape index (κ2) is 7.93. The Morgan fingerprint density at radius 3 is 3.00 bits per heavy atom. The van der Waals surface area contributed by atoms with Gasteiger partial charge in [0.2, 0.25) is 0 Å². The second-order valence-corrected chi connectivity index (χ2v) is 5.82. The van der Waals surface area contributed by atoms with Crippen LogP contribution < -0.4 is 10.7 Å². The highest BCUT2D eigenvalue weighted by Crippen LogP contribution is 2.13. The Labute approximate surface area is 118 Å². The molecule has 0 unspecified atom stereocenters. The fourth-order valence-corrected chi connectivity index (χ4v) is 2.98. The van der Waals surface area contributed by atoms with Gasteiger partial charge in [0.05, 0.1) is 13.2 Å². The maximum absolute atomic E-state index is 5.30. The molecule has 0 atom stereocenters. The van der Waals surface area contributed by atoms with Gasteiger partial charge in [0.25, 0.3) is 0 Å². The lowest BCUT2D eigenvalue weighted by atomic mass is 10.3. The van der Waals surface area contributed by atoms with Gasteiger partial charge in [0.1, 0.15) is 0 Å². The first-order valence-electron chi connectivity index (χ1n) is 6.32. The summed E-state index contributed by atoms with van der Waals surface area (Å²) >= 11 is 7.09. The smallest absolute Gasteiger partial charge is 0.186 e. The van der Waals surface area contributed by atoms with Gasteiger partial charge in [-0.25, -0.2) is 0 Å². The molecule has 2 fully saturated rings. The molecule has 0 aliphatic carbocycles. The van der Waals surface area contributed by atoms with E-state index in [1.54, 1.807) is 0 Å². The Hall–Kier alpha value is -0.370. The molecule has 0 aromatic heterocycles. The number of thiocarbonyl (C=S) groups is 1. The first kappa shape index (κ1) is 14.0. The van der Waals surface area contributed by atoms with Crippen LogP contribution in [0.2, 0.25) is 0 Å². The van der Waals surface area contributed by atoms with Crippen molar-refractivity contribution < 1.29 is 4.74 Å². The van der Waals surface area contributed by atoms with Crippen LogP contribution in [0.15, 0.2) is 5.10 Å². The number of hydrogen-bond acceptors (Lipinski definition) is 5. The Bertz CT molecular complexity index is 297. The molecule has 18 heavy (non-hydrogen) atoms. The molecular weight excluding hydrogens is 268 g/mol. The zero-order chi connectivity index (χ0) is 12.6. The van der Waals surface area contributed by atoms with Crippen molar-refractivity contribution in [2.75, 3.05) is 50.9 Å².